The van der Waals surface area contributed by atoms with Crippen molar-refractivity contribution >= 4 is 36.4 Å². The summed E-state index contributed by atoms with van der Waals surface area (Å²) in [5.41, 5.74) is 1.01. The fraction of sp³-hybridized carbons (Fsp3) is 0.368. The van der Waals surface area contributed by atoms with Crippen LogP contribution in [0.25, 0.3) is 0 Å². The van der Waals surface area contributed by atoms with Crippen molar-refractivity contribution in [3.63, 3.8) is 0 Å². The predicted octanol–water partition coefficient (Wildman–Crippen LogP) is 3.05. The van der Waals surface area contributed by atoms with Crippen molar-refractivity contribution in [3.8, 4) is 5.75 Å². The van der Waals surface area contributed by atoms with E-state index in [2.05, 4.69) is 15.6 Å². The van der Waals surface area contributed by atoms with Crippen molar-refractivity contribution in [1.29, 1.82) is 0 Å². The summed E-state index contributed by atoms with van der Waals surface area (Å²) in [7, 11) is 0. The molecule has 1 aliphatic heterocycles. The molecule has 0 unspecified atom stereocenters. The van der Waals surface area contributed by atoms with E-state index in [1.54, 1.807) is 12.1 Å². The molecule has 2 N–H and O–H groups in total. The molecule has 0 radical (unpaired) electrons. The van der Waals surface area contributed by atoms with Crippen molar-refractivity contribution in [2.75, 3.05) is 37.7 Å². The van der Waals surface area contributed by atoms with Crippen molar-refractivity contribution < 1.29 is 22.7 Å². The molecule has 1 aromatic carbocycles. The number of carbonyl (C=O) groups is 1. The Labute approximate surface area is 185 Å². The number of hydrogen-bond donors (Lipinski definition) is 2. The third-order valence-electron chi connectivity index (χ3n) is 4.27. The van der Waals surface area contributed by atoms with E-state index >= 15 is 0 Å². The minimum absolute atomic E-state index is 0. The number of carbonyl (C=O) groups excluding carboxylic acids is 1. The summed E-state index contributed by atoms with van der Waals surface area (Å²) in [4.78, 5) is 18.2. The lowest BCUT2D eigenvalue weighted by atomic mass is 10.1. The van der Waals surface area contributed by atoms with E-state index in [-0.39, 0.29) is 48.6 Å². The molecule has 0 aliphatic carbocycles. The molecule has 30 heavy (non-hydrogen) atoms. The van der Waals surface area contributed by atoms with Gasteiger partial charge in [-0.05, 0) is 29.8 Å². The van der Waals surface area contributed by atoms with Crippen LogP contribution in [0.3, 0.4) is 0 Å². The Balaban J connectivity index is 0.00000225. The van der Waals surface area contributed by atoms with Crippen LogP contribution in [0, 0.1) is 5.82 Å². The number of nitrogens with zero attached hydrogens (tertiary/aromatic N) is 2. The molecule has 3 rings (SSSR count). The molecule has 0 atom stereocenters. The minimum atomic E-state index is -2.66. The summed E-state index contributed by atoms with van der Waals surface area (Å²) in [6, 6.07) is 7.70. The zero-order chi connectivity index (χ0) is 19.9. The van der Waals surface area contributed by atoms with Gasteiger partial charge in [-0.15, -0.1) is 24.8 Å². The first-order chi connectivity index (χ1) is 13.5. The second-order valence-electron chi connectivity index (χ2n) is 6.26. The molecule has 0 bridgehead atoms. The molecule has 1 amide bonds. The first-order valence-corrected chi connectivity index (χ1v) is 8.93. The van der Waals surface area contributed by atoms with Gasteiger partial charge in [0.25, 0.3) is 12.3 Å². The first-order valence-electron chi connectivity index (χ1n) is 8.93. The fourth-order valence-corrected chi connectivity index (χ4v) is 2.92. The third kappa shape index (κ3) is 6.93. The number of aromatic nitrogens is 1. The number of nitrogens with one attached hydrogen (secondary N) is 2. The van der Waals surface area contributed by atoms with Gasteiger partial charge in [-0.25, -0.2) is 18.2 Å². The molecule has 2 aromatic rings. The highest BCUT2D eigenvalue weighted by atomic mass is 35.5. The second-order valence-corrected chi connectivity index (χ2v) is 6.26. The molecule has 6 nitrogen and oxygen atoms in total. The summed E-state index contributed by atoms with van der Waals surface area (Å²) in [6.07, 6.45) is -1.29. The van der Waals surface area contributed by atoms with Gasteiger partial charge in [-0.3, -0.25) is 4.79 Å². The van der Waals surface area contributed by atoms with Gasteiger partial charge in [0.15, 0.2) is 11.4 Å². The van der Waals surface area contributed by atoms with E-state index in [0.717, 1.165) is 26.2 Å². The number of anilines is 1. The third-order valence-corrected chi connectivity index (χ3v) is 4.27. The number of pyridine rings is 1. The Hall–Kier alpha value is -2.23. The minimum Gasteiger partial charge on any atom is -0.485 e. The zero-order valence-corrected chi connectivity index (χ0v) is 17.6. The lowest BCUT2D eigenvalue weighted by Gasteiger charge is -2.29. The quantitative estimate of drug-likeness (QED) is 0.656. The van der Waals surface area contributed by atoms with E-state index in [9.17, 15) is 18.0 Å². The Kier molecular flexibility index (Phi) is 10.7. The van der Waals surface area contributed by atoms with E-state index in [1.807, 2.05) is 4.90 Å². The van der Waals surface area contributed by atoms with Crippen LogP contribution in [-0.2, 0) is 6.54 Å². The van der Waals surface area contributed by atoms with Crippen LogP contribution in [0.1, 0.15) is 16.1 Å². The number of piperazine rings is 1. The number of amides is 1. The molecule has 0 spiro atoms. The maximum Gasteiger partial charge on any atom is 0.274 e. The van der Waals surface area contributed by atoms with Gasteiger partial charge in [0, 0.05) is 38.9 Å². The van der Waals surface area contributed by atoms with Crippen LogP contribution >= 0.6 is 24.8 Å². The van der Waals surface area contributed by atoms with Gasteiger partial charge in [-0.1, -0.05) is 6.07 Å². The van der Waals surface area contributed by atoms with Crippen LogP contribution in [-0.4, -0.2) is 50.1 Å². The van der Waals surface area contributed by atoms with Gasteiger partial charge >= 0.3 is 0 Å². The van der Waals surface area contributed by atoms with Crippen molar-refractivity contribution in [3.05, 3.63) is 53.6 Å². The Bertz CT molecular complexity index is 824. The maximum absolute atomic E-state index is 14.4. The average Bonchev–Trinajstić information content (AvgIpc) is 2.71. The van der Waals surface area contributed by atoms with Crippen molar-refractivity contribution in [2.45, 2.75) is 13.0 Å². The summed E-state index contributed by atoms with van der Waals surface area (Å²) >= 11 is 0. The number of rotatable bonds is 7. The van der Waals surface area contributed by atoms with Crippen molar-refractivity contribution in [1.82, 2.24) is 15.6 Å². The molecule has 0 saturated carbocycles. The SMILES string of the molecule is Cl.Cl.O=C(NCc1ccc(N2CCNCC2)c(F)c1)c1ncccc1OCC(F)F. The molecular formula is C19H23Cl2F3N4O2. The fourth-order valence-electron chi connectivity index (χ4n) is 2.92. The van der Waals surface area contributed by atoms with E-state index < -0.39 is 18.9 Å². The highest BCUT2D eigenvalue weighted by Crippen LogP contribution is 2.21. The Morgan fingerprint density at radius 3 is 2.63 bits per heavy atom. The van der Waals surface area contributed by atoms with Crippen LogP contribution in [0.15, 0.2) is 36.5 Å². The zero-order valence-electron chi connectivity index (χ0n) is 15.9. The van der Waals surface area contributed by atoms with E-state index in [1.165, 1.54) is 24.4 Å². The predicted molar refractivity (Wildman–Crippen MR) is 113 cm³/mol. The summed E-state index contributed by atoms with van der Waals surface area (Å²) < 4.78 is 44.1. The Morgan fingerprint density at radius 2 is 1.97 bits per heavy atom. The molecular weight excluding hydrogens is 444 g/mol. The highest BCUT2D eigenvalue weighted by Gasteiger charge is 2.17. The lowest BCUT2D eigenvalue weighted by molar-refractivity contribution is 0.0790. The van der Waals surface area contributed by atoms with Crippen LogP contribution < -0.4 is 20.3 Å². The molecule has 1 saturated heterocycles. The number of ether oxygens (including phenoxy) is 1. The van der Waals surface area contributed by atoms with Crippen molar-refractivity contribution in [2.24, 2.45) is 0 Å². The number of hydrogen-bond acceptors (Lipinski definition) is 5. The standard InChI is InChI=1S/C19H21F3N4O2.2ClH/c20-14-10-13(3-4-15(14)26-8-6-23-7-9-26)11-25-19(27)18-16(2-1-5-24-18)28-12-17(21)22;;/h1-5,10,17,23H,6-9,11-12H2,(H,25,27);2*1H. The summed E-state index contributed by atoms with van der Waals surface area (Å²) in [5.74, 6) is -0.968. The average molecular weight is 467 g/mol. The number of benzene rings is 1. The number of halogens is 5. The van der Waals surface area contributed by atoms with Gasteiger partial charge < -0.3 is 20.3 Å². The van der Waals surface area contributed by atoms with Gasteiger partial charge in [0.1, 0.15) is 12.4 Å². The monoisotopic (exact) mass is 466 g/mol. The molecule has 2 heterocycles. The number of alkyl halides is 2. The maximum atomic E-state index is 14.4. The summed E-state index contributed by atoms with van der Waals surface area (Å²) in [6.45, 7) is 2.31. The molecule has 1 aromatic heterocycles. The first kappa shape index (κ1) is 25.8. The largest absolute Gasteiger partial charge is 0.485 e. The lowest BCUT2D eigenvalue weighted by Crippen LogP contribution is -2.43. The smallest absolute Gasteiger partial charge is 0.274 e. The molecule has 166 valence electrons. The topological polar surface area (TPSA) is 66.5 Å². The normalized spacial score (nSPS) is 13.3. The van der Waals surface area contributed by atoms with Crippen LogP contribution in [0.2, 0.25) is 0 Å². The van der Waals surface area contributed by atoms with Gasteiger partial charge in [-0.2, -0.15) is 0 Å². The van der Waals surface area contributed by atoms with E-state index in [4.69, 9.17) is 4.74 Å². The highest BCUT2D eigenvalue weighted by molar-refractivity contribution is 5.94. The van der Waals surface area contributed by atoms with Gasteiger partial charge in [0.05, 0.1) is 5.69 Å². The Morgan fingerprint density at radius 1 is 1.23 bits per heavy atom. The second kappa shape index (κ2) is 12.5. The van der Waals surface area contributed by atoms with Gasteiger partial charge in [0.2, 0.25) is 0 Å². The van der Waals surface area contributed by atoms with Crippen LogP contribution in [0.5, 0.6) is 5.75 Å². The summed E-state index contributed by atoms with van der Waals surface area (Å²) in [5, 5.41) is 5.82. The van der Waals surface area contributed by atoms with Crippen LogP contribution in [0.4, 0.5) is 18.9 Å². The molecule has 1 aliphatic rings. The molecule has 1 fully saturated rings. The molecule has 11 heteroatoms. The van der Waals surface area contributed by atoms with E-state index in [0.29, 0.717) is 11.3 Å².